The van der Waals surface area contributed by atoms with Gasteiger partial charge in [-0.1, -0.05) is 35.9 Å². The van der Waals surface area contributed by atoms with Crippen molar-refractivity contribution < 1.29 is 0 Å². The molecule has 0 amide bonds. The second-order valence-electron chi connectivity index (χ2n) is 7.09. The van der Waals surface area contributed by atoms with Gasteiger partial charge in [-0.25, -0.2) is 9.97 Å². The van der Waals surface area contributed by atoms with E-state index in [-0.39, 0.29) is 5.95 Å². The normalized spacial score (nSPS) is 11.7. The molecule has 0 saturated heterocycles. The molecule has 3 N–H and O–H groups in total. The van der Waals surface area contributed by atoms with Crippen molar-refractivity contribution in [1.82, 2.24) is 25.1 Å². The first-order chi connectivity index (χ1) is 14.0. The molecule has 0 fully saturated rings. The summed E-state index contributed by atoms with van der Waals surface area (Å²) in [6, 6.07) is 14.0. The van der Waals surface area contributed by atoms with E-state index < -0.39 is 0 Å². The van der Waals surface area contributed by atoms with Crippen LogP contribution >= 0.6 is 11.6 Å². The van der Waals surface area contributed by atoms with E-state index in [0.29, 0.717) is 0 Å². The maximum atomic E-state index is 6.41. The van der Waals surface area contributed by atoms with E-state index >= 15 is 0 Å². The van der Waals surface area contributed by atoms with Crippen molar-refractivity contribution in [3.8, 4) is 11.3 Å². The second-order valence-corrected chi connectivity index (χ2v) is 7.50. The number of H-pyrrole nitrogens is 1. The zero-order valence-corrected chi connectivity index (χ0v) is 17.0. The van der Waals surface area contributed by atoms with Crippen LogP contribution in [0.3, 0.4) is 0 Å². The van der Waals surface area contributed by atoms with E-state index in [9.17, 15) is 0 Å². The van der Waals surface area contributed by atoms with Gasteiger partial charge in [0.15, 0.2) is 0 Å². The molecule has 6 nitrogen and oxygen atoms in total. The Morgan fingerprint density at radius 2 is 1.97 bits per heavy atom. The maximum absolute atomic E-state index is 6.41. The summed E-state index contributed by atoms with van der Waals surface area (Å²) in [5, 5.41) is 9.31. The van der Waals surface area contributed by atoms with Gasteiger partial charge in [-0.3, -0.25) is 5.10 Å². The Hall–Kier alpha value is -3.22. The minimum absolute atomic E-state index is 0.256. The molecule has 0 saturated carbocycles. The Morgan fingerprint density at radius 1 is 1.10 bits per heavy atom. The van der Waals surface area contributed by atoms with Crippen molar-refractivity contribution in [2.45, 2.75) is 6.54 Å². The van der Waals surface area contributed by atoms with Crippen LogP contribution in [0.4, 0.5) is 5.95 Å². The second kappa shape index (κ2) is 8.03. The molecule has 0 radical (unpaired) electrons. The first-order valence-electron chi connectivity index (χ1n) is 9.18. The largest absolute Gasteiger partial charge is 0.368 e. The van der Waals surface area contributed by atoms with E-state index in [4.69, 9.17) is 17.3 Å². The summed E-state index contributed by atoms with van der Waals surface area (Å²) in [5.74, 6) is 0.256. The number of nitrogens with one attached hydrogen (secondary N) is 1. The molecule has 0 unspecified atom stereocenters. The molecular formula is C22H21ClN6. The molecule has 0 spiro atoms. The van der Waals surface area contributed by atoms with Crippen molar-refractivity contribution in [3.05, 3.63) is 70.5 Å². The lowest BCUT2D eigenvalue weighted by Gasteiger charge is -2.11. The summed E-state index contributed by atoms with van der Waals surface area (Å²) < 4.78 is 0. The summed E-state index contributed by atoms with van der Waals surface area (Å²) in [7, 11) is 4.05. The Kier molecular flexibility index (Phi) is 5.29. The van der Waals surface area contributed by atoms with Gasteiger partial charge in [-0.05, 0) is 55.6 Å². The van der Waals surface area contributed by atoms with Crippen LogP contribution in [-0.2, 0) is 6.54 Å². The topological polar surface area (TPSA) is 83.7 Å². The molecule has 0 aliphatic heterocycles. The molecule has 0 bridgehead atoms. The van der Waals surface area contributed by atoms with Crippen molar-refractivity contribution in [3.63, 3.8) is 0 Å². The van der Waals surface area contributed by atoms with E-state index in [0.717, 1.165) is 50.5 Å². The van der Waals surface area contributed by atoms with Gasteiger partial charge in [0.1, 0.15) is 0 Å². The fraction of sp³-hybridized carbons (Fsp3) is 0.136. The third-order valence-corrected chi connectivity index (χ3v) is 4.91. The summed E-state index contributed by atoms with van der Waals surface area (Å²) in [6.07, 6.45) is 5.65. The van der Waals surface area contributed by atoms with E-state index in [1.54, 1.807) is 6.20 Å². The molecule has 7 heteroatoms. The highest BCUT2D eigenvalue weighted by atomic mass is 35.5. The molecule has 0 atom stereocenters. The minimum atomic E-state index is 0.256. The van der Waals surface area contributed by atoms with E-state index in [1.807, 2.05) is 56.6 Å². The van der Waals surface area contributed by atoms with Crippen molar-refractivity contribution >= 4 is 40.6 Å². The number of anilines is 1. The van der Waals surface area contributed by atoms with Crippen LogP contribution in [-0.4, -0.2) is 39.2 Å². The molecule has 4 rings (SSSR count). The van der Waals surface area contributed by atoms with Crippen LogP contribution in [0.1, 0.15) is 16.8 Å². The molecule has 0 aliphatic rings. The number of fused-ring (bicyclic) bond motifs is 1. The minimum Gasteiger partial charge on any atom is -0.368 e. The van der Waals surface area contributed by atoms with Gasteiger partial charge in [-0.2, -0.15) is 5.10 Å². The molecule has 0 aliphatic carbocycles. The predicted molar refractivity (Wildman–Crippen MR) is 119 cm³/mol. The fourth-order valence-corrected chi connectivity index (χ4v) is 3.42. The molecule has 2 aromatic heterocycles. The number of aromatic amines is 1. The molecular weight excluding hydrogens is 384 g/mol. The molecule has 2 heterocycles. The van der Waals surface area contributed by atoms with Gasteiger partial charge in [0.2, 0.25) is 5.95 Å². The van der Waals surface area contributed by atoms with Gasteiger partial charge in [-0.15, -0.1) is 0 Å². The quantitative estimate of drug-likeness (QED) is 0.512. The summed E-state index contributed by atoms with van der Waals surface area (Å²) in [4.78, 5) is 10.3. The standard InChI is InChI=1S/C22H21ClN6/c1-29(2)13-16-5-3-14(11-18(16)23)4-8-20-17-7-6-15(12-21(17)28-27-20)19-9-10-25-22(24)26-19/h3-12H,13H2,1-2H3,(H,27,28)(H2,24,25,26)/b8-4+. The Bertz CT molecular complexity index is 1200. The fourth-order valence-electron chi connectivity index (χ4n) is 3.17. The number of nitrogen functional groups attached to an aromatic ring is 1. The Labute approximate surface area is 174 Å². The van der Waals surface area contributed by atoms with Crippen LogP contribution in [0.5, 0.6) is 0 Å². The number of nitrogens with two attached hydrogens (primary N) is 1. The van der Waals surface area contributed by atoms with Crippen molar-refractivity contribution in [2.75, 3.05) is 19.8 Å². The van der Waals surface area contributed by atoms with Crippen molar-refractivity contribution in [2.24, 2.45) is 0 Å². The van der Waals surface area contributed by atoms with Crippen LogP contribution in [0.15, 0.2) is 48.7 Å². The highest BCUT2D eigenvalue weighted by Gasteiger charge is 2.07. The average Bonchev–Trinajstić information content (AvgIpc) is 3.10. The van der Waals surface area contributed by atoms with Gasteiger partial charge >= 0.3 is 0 Å². The Balaban J connectivity index is 1.59. The average molecular weight is 405 g/mol. The first-order valence-corrected chi connectivity index (χ1v) is 9.55. The zero-order chi connectivity index (χ0) is 20.4. The SMILES string of the molecule is CN(C)Cc1ccc(/C=C/c2n[nH]c3cc(-c4ccnc(N)n4)ccc23)cc1Cl. The van der Waals surface area contributed by atoms with Crippen LogP contribution in [0.2, 0.25) is 5.02 Å². The molecule has 2 aromatic carbocycles. The number of hydrogen-bond donors (Lipinski definition) is 2. The summed E-state index contributed by atoms with van der Waals surface area (Å²) >= 11 is 6.41. The van der Waals surface area contributed by atoms with Crippen molar-refractivity contribution in [1.29, 1.82) is 0 Å². The monoisotopic (exact) mass is 404 g/mol. The first kappa shape index (κ1) is 19.1. The van der Waals surface area contributed by atoms with E-state index in [1.165, 1.54) is 0 Å². The number of aromatic nitrogens is 4. The summed E-state index contributed by atoms with van der Waals surface area (Å²) in [6.45, 7) is 0.813. The van der Waals surface area contributed by atoms with Crippen LogP contribution < -0.4 is 5.73 Å². The lowest BCUT2D eigenvalue weighted by atomic mass is 10.1. The lowest BCUT2D eigenvalue weighted by Crippen LogP contribution is -2.10. The zero-order valence-electron chi connectivity index (χ0n) is 16.2. The lowest BCUT2D eigenvalue weighted by molar-refractivity contribution is 0.402. The number of hydrogen-bond acceptors (Lipinski definition) is 5. The highest BCUT2D eigenvalue weighted by Crippen LogP contribution is 2.25. The number of rotatable bonds is 5. The number of halogens is 1. The molecule has 29 heavy (non-hydrogen) atoms. The van der Waals surface area contributed by atoms with E-state index in [2.05, 4.69) is 37.2 Å². The van der Waals surface area contributed by atoms with Gasteiger partial charge in [0.05, 0.1) is 16.9 Å². The van der Waals surface area contributed by atoms with Crippen LogP contribution in [0, 0.1) is 0 Å². The predicted octanol–water partition coefficient (Wildman–Crippen LogP) is 4.49. The summed E-state index contributed by atoms with van der Waals surface area (Å²) in [5.41, 5.74) is 11.3. The highest BCUT2D eigenvalue weighted by molar-refractivity contribution is 6.31. The smallest absolute Gasteiger partial charge is 0.220 e. The van der Waals surface area contributed by atoms with Gasteiger partial charge in [0, 0.05) is 28.7 Å². The number of nitrogens with zero attached hydrogens (tertiary/aromatic N) is 4. The third-order valence-electron chi connectivity index (χ3n) is 4.56. The number of benzene rings is 2. The maximum Gasteiger partial charge on any atom is 0.220 e. The molecule has 146 valence electrons. The van der Waals surface area contributed by atoms with Gasteiger partial charge < -0.3 is 10.6 Å². The Morgan fingerprint density at radius 3 is 2.72 bits per heavy atom. The molecule has 4 aromatic rings. The van der Waals surface area contributed by atoms with Crippen LogP contribution in [0.25, 0.3) is 34.3 Å². The third kappa shape index (κ3) is 4.29. The van der Waals surface area contributed by atoms with Gasteiger partial charge in [0.25, 0.3) is 0 Å².